The Morgan fingerprint density at radius 2 is 2.00 bits per heavy atom. The van der Waals surface area contributed by atoms with Crippen LogP contribution in [0.5, 0.6) is 0 Å². The third-order valence-corrected chi connectivity index (χ3v) is 3.15. The monoisotopic (exact) mass is 239 g/mol. The van der Waals surface area contributed by atoms with Gasteiger partial charge in [-0.25, -0.2) is 9.97 Å². The van der Waals surface area contributed by atoms with E-state index in [0.717, 1.165) is 29.5 Å². The number of rotatable bonds is 4. The number of hydrogen-bond donors (Lipinski definition) is 1. The average Bonchev–Trinajstić information content (AvgIpc) is 3.21. The molecule has 0 atom stereocenters. The smallest absolute Gasteiger partial charge is 0.159 e. The minimum atomic E-state index is 0.724. The van der Waals surface area contributed by atoms with Gasteiger partial charge in [-0.1, -0.05) is 23.8 Å². The largest absolute Gasteiger partial charge is 0.310 e. The summed E-state index contributed by atoms with van der Waals surface area (Å²) in [5.41, 5.74) is 3.46. The van der Waals surface area contributed by atoms with Crippen LogP contribution in [0.2, 0.25) is 0 Å². The second-order valence-electron chi connectivity index (χ2n) is 4.94. The van der Waals surface area contributed by atoms with Crippen LogP contribution >= 0.6 is 0 Å². The summed E-state index contributed by atoms with van der Waals surface area (Å²) < 4.78 is 0. The molecule has 0 spiro atoms. The zero-order valence-electron chi connectivity index (χ0n) is 10.6. The molecule has 1 aliphatic rings. The second-order valence-corrected chi connectivity index (χ2v) is 4.94. The van der Waals surface area contributed by atoms with Crippen molar-refractivity contribution in [1.29, 1.82) is 0 Å². The number of hydrogen-bond acceptors (Lipinski definition) is 3. The summed E-state index contributed by atoms with van der Waals surface area (Å²) in [5.74, 6) is 0.800. The van der Waals surface area contributed by atoms with E-state index in [1.807, 2.05) is 24.5 Å². The molecule has 0 unspecified atom stereocenters. The van der Waals surface area contributed by atoms with Crippen LogP contribution in [0.25, 0.3) is 11.4 Å². The van der Waals surface area contributed by atoms with Crippen molar-refractivity contribution in [3.05, 3.63) is 47.8 Å². The SMILES string of the molecule is Cc1cccc(-c2ncc(CNC3CC3)cn2)c1. The first-order valence-electron chi connectivity index (χ1n) is 6.42. The first kappa shape index (κ1) is 11.4. The van der Waals surface area contributed by atoms with Crippen molar-refractivity contribution in [2.75, 3.05) is 0 Å². The standard InChI is InChI=1S/C15H17N3/c1-11-3-2-4-13(7-11)15-17-9-12(10-18-15)8-16-14-5-6-14/h2-4,7,9-10,14,16H,5-6,8H2,1H3. The Morgan fingerprint density at radius 3 is 2.67 bits per heavy atom. The van der Waals surface area contributed by atoms with Crippen LogP contribution in [-0.2, 0) is 6.54 Å². The van der Waals surface area contributed by atoms with Crippen LogP contribution in [0, 0.1) is 6.92 Å². The number of nitrogens with zero attached hydrogens (tertiary/aromatic N) is 2. The molecule has 2 aromatic rings. The van der Waals surface area contributed by atoms with Gasteiger partial charge in [0.2, 0.25) is 0 Å². The molecular formula is C15H17N3. The minimum absolute atomic E-state index is 0.724. The molecule has 3 heteroatoms. The Kier molecular flexibility index (Phi) is 3.07. The maximum absolute atomic E-state index is 4.44. The summed E-state index contributed by atoms with van der Waals surface area (Å²) in [6.07, 6.45) is 6.45. The van der Waals surface area contributed by atoms with Gasteiger partial charge in [-0.3, -0.25) is 0 Å². The lowest BCUT2D eigenvalue weighted by molar-refractivity contribution is 0.683. The maximum Gasteiger partial charge on any atom is 0.159 e. The lowest BCUT2D eigenvalue weighted by Gasteiger charge is -2.04. The van der Waals surface area contributed by atoms with E-state index in [2.05, 4.69) is 34.3 Å². The van der Waals surface area contributed by atoms with Crippen LogP contribution in [0.4, 0.5) is 0 Å². The highest BCUT2D eigenvalue weighted by atomic mass is 15.0. The Bertz CT molecular complexity index is 530. The van der Waals surface area contributed by atoms with Gasteiger partial charge in [0, 0.05) is 36.1 Å². The molecule has 0 bridgehead atoms. The quantitative estimate of drug-likeness (QED) is 0.891. The summed E-state index contributed by atoms with van der Waals surface area (Å²) in [7, 11) is 0. The molecule has 1 fully saturated rings. The van der Waals surface area contributed by atoms with E-state index in [4.69, 9.17) is 0 Å². The Hall–Kier alpha value is -1.74. The molecule has 92 valence electrons. The van der Waals surface area contributed by atoms with E-state index in [9.17, 15) is 0 Å². The predicted molar refractivity (Wildman–Crippen MR) is 72.1 cm³/mol. The van der Waals surface area contributed by atoms with Gasteiger partial charge in [0.05, 0.1) is 0 Å². The van der Waals surface area contributed by atoms with Crippen LogP contribution in [0.15, 0.2) is 36.7 Å². The van der Waals surface area contributed by atoms with E-state index < -0.39 is 0 Å². The van der Waals surface area contributed by atoms with Crippen molar-refractivity contribution in [1.82, 2.24) is 15.3 Å². The summed E-state index contributed by atoms with van der Waals surface area (Å²) in [5, 5.41) is 3.46. The average molecular weight is 239 g/mol. The highest BCUT2D eigenvalue weighted by Crippen LogP contribution is 2.19. The molecule has 1 aromatic heterocycles. The van der Waals surface area contributed by atoms with E-state index in [-0.39, 0.29) is 0 Å². The molecule has 18 heavy (non-hydrogen) atoms. The van der Waals surface area contributed by atoms with Crippen molar-refractivity contribution in [2.45, 2.75) is 32.4 Å². The van der Waals surface area contributed by atoms with Crippen LogP contribution in [0.1, 0.15) is 24.0 Å². The highest BCUT2D eigenvalue weighted by Gasteiger charge is 2.19. The third-order valence-electron chi connectivity index (χ3n) is 3.15. The Balaban J connectivity index is 1.73. The van der Waals surface area contributed by atoms with Gasteiger partial charge < -0.3 is 5.32 Å². The second kappa shape index (κ2) is 4.86. The zero-order chi connectivity index (χ0) is 12.4. The van der Waals surface area contributed by atoms with Crippen LogP contribution in [0.3, 0.4) is 0 Å². The van der Waals surface area contributed by atoms with Crippen molar-refractivity contribution in [3.63, 3.8) is 0 Å². The normalized spacial score (nSPS) is 14.7. The summed E-state index contributed by atoms with van der Waals surface area (Å²) in [4.78, 5) is 8.87. The van der Waals surface area contributed by atoms with Gasteiger partial charge >= 0.3 is 0 Å². The molecule has 1 aromatic carbocycles. The molecule has 1 N–H and O–H groups in total. The number of aromatic nitrogens is 2. The van der Waals surface area contributed by atoms with Gasteiger partial charge in [-0.2, -0.15) is 0 Å². The molecular weight excluding hydrogens is 222 g/mol. The fourth-order valence-electron chi connectivity index (χ4n) is 1.93. The predicted octanol–water partition coefficient (Wildman–Crippen LogP) is 2.70. The topological polar surface area (TPSA) is 37.8 Å². The van der Waals surface area contributed by atoms with Crippen molar-refractivity contribution in [2.24, 2.45) is 0 Å². The fraction of sp³-hybridized carbons (Fsp3) is 0.333. The first-order chi connectivity index (χ1) is 8.81. The molecule has 0 aliphatic heterocycles. The molecule has 0 amide bonds. The summed E-state index contributed by atoms with van der Waals surface area (Å²) in [6, 6.07) is 9.00. The van der Waals surface area contributed by atoms with E-state index in [1.54, 1.807) is 0 Å². The molecule has 0 saturated heterocycles. The van der Waals surface area contributed by atoms with Gasteiger partial charge in [-0.15, -0.1) is 0 Å². The number of aryl methyl sites for hydroxylation is 1. The minimum Gasteiger partial charge on any atom is -0.310 e. The highest BCUT2D eigenvalue weighted by molar-refractivity contribution is 5.55. The number of benzene rings is 1. The van der Waals surface area contributed by atoms with Gasteiger partial charge in [0.15, 0.2) is 5.82 Å². The van der Waals surface area contributed by atoms with Crippen molar-refractivity contribution in [3.8, 4) is 11.4 Å². The molecule has 3 nitrogen and oxygen atoms in total. The van der Waals surface area contributed by atoms with Crippen molar-refractivity contribution < 1.29 is 0 Å². The lowest BCUT2D eigenvalue weighted by Crippen LogP contribution is -2.15. The van der Waals surface area contributed by atoms with E-state index in [1.165, 1.54) is 18.4 Å². The molecule has 0 radical (unpaired) electrons. The van der Waals surface area contributed by atoms with Gasteiger partial charge in [-0.05, 0) is 25.8 Å². The third kappa shape index (κ3) is 2.74. The van der Waals surface area contributed by atoms with Gasteiger partial charge in [0.1, 0.15) is 0 Å². The lowest BCUT2D eigenvalue weighted by atomic mass is 10.1. The molecule has 1 heterocycles. The summed E-state index contributed by atoms with van der Waals surface area (Å²) in [6.45, 7) is 2.95. The van der Waals surface area contributed by atoms with E-state index in [0.29, 0.717) is 0 Å². The molecule has 1 aliphatic carbocycles. The van der Waals surface area contributed by atoms with Crippen molar-refractivity contribution >= 4 is 0 Å². The Morgan fingerprint density at radius 1 is 1.22 bits per heavy atom. The molecule has 1 saturated carbocycles. The zero-order valence-corrected chi connectivity index (χ0v) is 10.6. The van der Waals surface area contributed by atoms with Crippen LogP contribution < -0.4 is 5.32 Å². The number of nitrogens with one attached hydrogen (secondary N) is 1. The fourth-order valence-corrected chi connectivity index (χ4v) is 1.93. The van der Waals surface area contributed by atoms with Gasteiger partial charge in [0.25, 0.3) is 0 Å². The molecule has 3 rings (SSSR count). The van der Waals surface area contributed by atoms with Crippen LogP contribution in [-0.4, -0.2) is 16.0 Å². The summed E-state index contributed by atoms with van der Waals surface area (Å²) >= 11 is 0. The van der Waals surface area contributed by atoms with E-state index >= 15 is 0 Å². The maximum atomic E-state index is 4.44. The Labute approximate surface area is 107 Å². The first-order valence-corrected chi connectivity index (χ1v) is 6.42.